The van der Waals surface area contributed by atoms with Crippen molar-refractivity contribution in [3.05, 3.63) is 24.0 Å². The van der Waals surface area contributed by atoms with Crippen LogP contribution in [0.4, 0.5) is 10.1 Å². The van der Waals surface area contributed by atoms with E-state index in [0.717, 1.165) is 6.07 Å². The topological polar surface area (TPSA) is 90.8 Å². The number of halogens is 1. The molecule has 0 aliphatic rings. The quantitative estimate of drug-likeness (QED) is 0.457. The third-order valence-corrected chi connectivity index (χ3v) is 1.90. The SMILES string of the molecule is COc1cc(NNP(=O)(O)O)ccc1F. The Balaban J connectivity index is 2.75. The predicted octanol–water partition coefficient (Wildman–Crippen LogP) is 0.843. The second kappa shape index (κ2) is 4.59. The van der Waals surface area contributed by atoms with Crippen LogP contribution in [0, 0.1) is 5.82 Å². The van der Waals surface area contributed by atoms with Crippen LogP contribution in [0.15, 0.2) is 18.2 Å². The molecule has 0 bridgehead atoms. The smallest absolute Gasteiger partial charge is 0.417 e. The zero-order valence-corrected chi connectivity index (χ0v) is 8.66. The predicted molar refractivity (Wildman–Crippen MR) is 51.8 cm³/mol. The molecule has 1 rings (SSSR count). The van der Waals surface area contributed by atoms with Crippen molar-refractivity contribution < 1.29 is 23.5 Å². The highest BCUT2D eigenvalue weighted by Crippen LogP contribution is 2.28. The Labute approximate surface area is 85.3 Å². The van der Waals surface area contributed by atoms with Gasteiger partial charge in [-0.15, -0.1) is 5.20 Å². The second-order valence-electron chi connectivity index (χ2n) is 2.63. The van der Waals surface area contributed by atoms with Crippen molar-refractivity contribution >= 4 is 13.4 Å². The van der Waals surface area contributed by atoms with Crippen LogP contribution in [0.1, 0.15) is 0 Å². The van der Waals surface area contributed by atoms with Crippen molar-refractivity contribution in [3.63, 3.8) is 0 Å². The van der Waals surface area contributed by atoms with E-state index in [9.17, 15) is 8.96 Å². The molecule has 1 aromatic carbocycles. The van der Waals surface area contributed by atoms with Crippen molar-refractivity contribution in [3.8, 4) is 5.75 Å². The van der Waals surface area contributed by atoms with E-state index in [1.165, 1.54) is 19.2 Å². The maximum absolute atomic E-state index is 12.9. The lowest BCUT2D eigenvalue weighted by Gasteiger charge is -2.10. The summed E-state index contributed by atoms with van der Waals surface area (Å²) in [6.45, 7) is 0. The van der Waals surface area contributed by atoms with E-state index in [2.05, 4.69) is 10.2 Å². The molecule has 1 aromatic rings. The van der Waals surface area contributed by atoms with Gasteiger partial charge in [0.15, 0.2) is 11.6 Å². The number of anilines is 1. The summed E-state index contributed by atoms with van der Waals surface area (Å²) in [6.07, 6.45) is 0. The van der Waals surface area contributed by atoms with Gasteiger partial charge in [-0.05, 0) is 12.1 Å². The zero-order valence-electron chi connectivity index (χ0n) is 7.77. The van der Waals surface area contributed by atoms with Crippen molar-refractivity contribution in [2.24, 2.45) is 0 Å². The average molecular weight is 236 g/mol. The Morgan fingerprint density at radius 3 is 2.67 bits per heavy atom. The first-order valence-electron chi connectivity index (χ1n) is 3.85. The molecule has 0 spiro atoms. The van der Waals surface area contributed by atoms with Gasteiger partial charge < -0.3 is 19.9 Å². The fourth-order valence-electron chi connectivity index (χ4n) is 0.875. The molecule has 0 heterocycles. The molecule has 15 heavy (non-hydrogen) atoms. The average Bonchev–Trinajstić information content (AvgIpc) is 2.15. The van der Waals surface area contributed by atoms with Gasteiger partial charge in [0.2, 0.25) is 0 Å². The van der Waals surface area contributed by atoms with Crippen molar-refractivity contribution in [1.82, 2.24) is 5.20 Å². The highest BCUT2D eigenvalue weighted by Gasteiger charge is 2.11. The minimum atomic E-state index is -4.36. The highest BCUT2D eigenvalue weighted by atomic mass is 31.2. The Hall–Kier alpha value is -1.14. The molecule has 0 aliphatic carbocycles. The molecule has 0 saturated heterocycles. The van der Waals surface area contributed by atoms with Crippen LogP contribution in [0.5, 0.6) is 5.75 Å². The first kappa shape index (κ1) is 11.9. The number of rotatable bonds is 4. The molecular weight excluding hydrogens is 226 g/mol. The maximum atomic E-state index is 12.9. The number of methoxy groups -OCH3 is 1. The monoisotopic (exact) mass is 236 g/mol. The fourth-order valence-corrected chi connectivity index (χ4v) is 1.15. The first-order valence-corrected chi connectivity index (χ1v) is 5.46. The largest absolute Gasteiger partial charge is 0.494 e. The molecular formula is C7H10FN2O4P. The Morgan fingerprint density at radius 2 is 2.13 bits per heavy atom. The fraction of sp³-hybridized carbons (Fsp3) is 0.143. The lowest BCUT2D eigenvalue weighted by atomic mass is 10.3. The molecule has 0 fully saturated rings. The van der Waals surface area contributed by atoms with E-state index in [-0.39, 0.29) is 11.4 Å². The minimum Gasteiger partial charge on any atom is -0.494 e. The molecule has 0 aliphatic heterocycles. The van der Waals surface area contributed by atoms with Gasteiger partial charge in [0.1, 0.15) is 0 Å². The highest BCUT2D eigenvalue weighted by molar-refractivity contribution is 7.49. The van der Waals surface area contributed by atoms with Gasteiger partial charge in [0, 0.05) is 6.07 Å². The number of hydrazine groups is 1. The van der Waals surface area contributed by atoms with Crippen LogP contribution in [-0.4, -0.2) is 16.9 Å². The molecule has 0 amide bonds. The molecule has 0 radical (unpaired) electrons. The van der Waals surface area contributed by atoms with Crippen LogP contribution in [-0.2, 0) is 4.57 Å². The van der Waals surface area contributed by atoms with E-state index in [1.54, 1.807) is 5.20 Å². The molecule has 84 valence electrons. The summed E-state index contributed by atoms with van der Waals surface area (Å²) in [6, 6.07) is 3.68. The molecule has 6 nitrogen and oxygen atoms in total. The number of hydrogen-bond acceptors (Lipinski definition) is 3. The Kier molecular flexibility index (Phi) is 3.65. The summed E-state index contributed by atoms with van der Waals surface area (Å²) in [5.74, 6) is -0.577. The van der Waals surface area contributed by atoms with E-state index in [4.69, 9.17) is 9.79 Å². The van der Waals surface area contributed by atoms with Crippen LogP contribution in [0.3, 0.4) is 0 Å². The van der Waals surface area contributed by atoms with E-state index in [0.29, 0.717) is 0 Å². The summed E-state index contributed by atoms with van der Waals surface area (Å²) in [7, 11) is -3.07. The maximum Gasteiger partial charge on any atom is 0.417 e. The lowest BCUT2D eigenvalue weighted by molar-refractivity contribution is 0.362. The number of nitrogens with one attached hydrogen (secondary N) is 2. The first-order chi connectivity index (χ1) is 6.92. The summed E-state index contributed by atoms with van der Waals surface area (Å²) >= 11 is 0. The van der Waals surface area contributed by atoms with Gasteiger partial charge in [-0.2, -0.15) is 0 Å². The van der Waals surface area contributed by atoms with Crippen molar-refractivity contribution in [1.29, 1.82) is 0 Å². The summed E-state index contributed by atoms with van der Waals surface area (Å²) in [5.41, 5.74) is 2.50. The normalized spacial score (nSPS) is 11.2. The lowest BCUT2D eigenvalue weighted by Crippen LogP contribution is -2.17. The minimum absolute atomic E-state index is 0.0208. The van der Waals surface area contributed by atoms with E-state index < -0.39 is 13.6 Å². The van der Waals surface area contributed by atoms with Crippen LogP contribution >= 0.6 is 7.75 Å². The van der Waals surface area contributed by atoms with Crippen LogP contribution in [0.25, 0.3) is 0 Å². The third kappa shape index (κ3) is 3.85. The molecule has 0 unspecified atom stereocenters. The molecule has 0 saturated carbocycles. The zero-order chi connectivity index (χ0) is 11.5. The molecule has 0 aromatic heterocycles. The number of hydrogen-bond donors (Lipinski definition) is 4. The van der Waals surface area contributed by atoms with Gasteiger partial charge in [0.25, 0.3) is 0 Å². The van der Waals surface area contributed by atoms with E-state index >= 15 is 0 Å². The summed E-state index contributed by atoms with van der Waals surface area (Å²) in [4.78, 5) is 17.0. The van der Waals surface area contributed by atoms with Crippen LogP contribution in [0.2, 0.25) is 0 Å². The molecule has 8 heteroatoms. The molecule has 0 atom stereocenters. The Bertz CT molecular complexity index is 395. The van der Waals surface area contributed by atoms with Gasteiger partial charge >= 0.3 is 7.75 Å². The van der Waals surface area contributed by atoms with Gasteiger partial charge in [0.05, 0.1) is 12.8 Å². The Morgan fingerprint density at radius 1 is 1.47 bits per heavy atom. The van der Waals surface area contributed by atoms with Gasteiger partial charge in [-0.3, -0.25) is 0 Å². The summed E-state index contributed by atoms with van der Waals surface area (Å²) in [5, 5.41) is 1.75. The third-order valence-electron chi connectivity index (χ3n) is 1.50. The van der Waals surface area contributed by atoms with E-state index in [1.807, 2.05) is 0 Å². The number of ether oxygens (including phenoxy) is 1. The summed E-state index contributed by atoms with van der Waals surface area (Å²) < 4.78 is 28.0. The second-order valence-corrected chi connectivity index (χ2v) is 3.94. The van der Waals surface area contributed by atoms with Crippen LogP contribution < -0.4 is 15.4 Å². The number of benzene rings is 1. The van der Waals surface area contributed by atoms with Crippen molar-refractivity contribution in [2.75, 3.05) is 12.5 Å². The standard InChI is InChI=1S/C7H10FN2O4P/c1-14-7-4-5(2-3-6(7)8)9-10-15(11,12)13/h2-4,9H,1H3,(H3,10,11,12,13). The van der Waals surface area contributed by atoms with Crippen molar-refractivity contribution in [2.45, 2.75) is 0 Å². The van der Waals surface area contributed by atoms with Gasteiger partial charge in [-0.25, -0.2) is 8.96 Å². The van der Waals surface area contributed by atoms with Gasteiger partial charge in [-0.1, -0.05) is 0 Å². The molecule has 4 N–H and O–H groups in total.